The van der Waals surface area contributed by atoms with Crippen molar-refractivity contribution < 1.29 is 23.8 Å². The largest absolute Gasteiger partial charge is 0.494 e. The predicted octanol–water partition coefficient (Wildman–Crippen LogP) is 3.80. The van der Waals surface area contributed by atoms with Crippen LogP contribution in [0.3, 0.4) is 0 Å². The molecule has 0 saturated carbocycles. The minimum atomic E-state index is -0.256. The van der Waals surface area contributed by atoms with E-state index in [1.165, 1.54) is 0 Å². The molecule has 25 heavy (non-hydrogen) atoms. The van der Waals surface area contributed by atoms with E-state index in [0.29, 0.717) is 37.4 Å². The third-order valence-corrected chi connectivity index (χ3v) is 3.44. The van der Waals surface area contributed by atoms with Gasteiger partial charge in [0.1, 0.15) is 24.4 Å². The van der Waals surface area contributed by atoms with Crippen molar-refractivity contribution in [2.45, 2.75) is 26.4 Å². The van der Waals surface area contributed by atoms with Crippen LogP contribution in [0.1, 0.15) is 35.7 Å². The Balaban J connectivity index is 1.62. The van der Waals surface area contributed by atoms with Gasteiger partial charge in [0, 0.05) is 12.0 Å². The molecular formula is C20H22O5. The van der Waals surface area contributed by atoms with E-state index in [2.05, 4.69) is 0 Å². The van der Waals surface area contributed by atoms with Crippen molar-refractivity contribution in [3.63, 3.8) is 0 Å². The van der Waals surface area contributed by atoms with Gasteiger partial charge in [-0.3, -0.25) is 9.59 Å². The van der Waals surface area contributed by atoms with Crippen molar-refractivity contribution in [1.29, 1.82) is 0 Å². The second kappa shape index (κ2) is 10.1. The highest BCUT2D eigenvalue weighted by atomic mass is 16.5. The molecule has 5 nitrogen and oxygen atoms in total. The Bertz CT molecular complexity index is 661. The number of hydrogen-bond donors (Lipinski definition) is 0. The Kier molecular flexibility index (Phi) is 7.50. The van der Waals surface area contributed by atoms with E-state index in [1.807, 2.05) is 31.2 Å². The number of carbonyl (C=O) groups is 2. The van der Waals surface area contributed by atoms with Gasteiger partial charge in [-0.15, -0.1) is 0 Å². The number of rotatable bonds is 10. The highest BCUT2D eigenvalue weighted by molar-refractivity contribution is 5.74. The third-order valence-electron chi connectivity index (χ3n) is 3.44. The van der Waals surface area contributed by atoms with Crippen LogP contribution >= 0.6 is 0 Å². The number of hydrogen-bond acceptors (Lipinski definition) is 5. The molecule has 0 N–H and O–H groups in total. The molecule has 0 heterocycles. The lowest BCUT2D eigenvalue weighted by atomic mass is 10.2. The van der Waals surface area contributed by atoms with E-state index >= 15 is 0 Å². The van der Waals surface area contributed by atoms with Crippen LogP contribution in [0.4, 0.5) is 0 Å². The van der Waals surface area contributed by atoms with Gasteiger partial charge in [-0.1, -0.05) is 12.1 Å². The zero-order chi connectivity index (χ0) is 17.9. The molecule has 0 aliphatic heterocycles. The standard InChI is InChI=1S/C20H22O5/c1-2-23-18-11-7-17(8-12-18)15-25-20(22)4-3-13-24-19-9-5-16(14-21)6-10-19/h5-12,14H,2-4,13,15H2,1H3. The Morgan fingerprint density at radius 3 is 2.24 bits per heavy atom. The Labute approximate surface area is 147 Å². The van der Waals surface area contributed by atoms with Gasteiger partial charge in [-0.05, 0) is 55.3 Å². The first-order valence-corrected chi connectivity index (χ1v) is 8.26. The number of carbonyl (C=O) groups excluding carboxylic acids is 2. The molecular weight excluding hydrogens is 320 g/mol. The summed E-state index contributed by atoms with van der Waals surface area (Å²) in [7, 11) is 0. The third kappa shape index (κ3) is 6.67. The molecule has 2 aromatic carbocycles. The van der Waals surface area contributed by atoms with Crippen LogP contribution in [-0.4, -0.2) is 25.5 Å². The van der Waals surface area contributed by atoms with Crippen LogP contribution in [0.2, 0.25) is 0 Å². The first kappa shape index (κ1) is 18.5. The van der Waals surface area contributed by atoms with Gasteiger partial charge >= 0.3 is 5.97 Å². The lowest BCUT2D eigenvalue weighted by Crippen LogP contribution is -2.07. The van der Waals surface area contributed by atoms with E-state index in [-0.39, 0.29) is 12.6 Å². The van der Waals surface area contributed by atoms with Crippen LogP contribution in [0.15, 0.2) is 48.5 Å². The van der Waals surface area contributed by atoms with E-state index in [9.17, 15) is 9.59 Å². The summed E-state index contributed by atoms with van der Waals surface area (Å²) < 4.78 is 16.1. The average molecular weight is 342 g/mol. The minimum absolute atomic E-state index is 0.249. The van der Waals surface area contributed by atoms with Gasteiger partial charge < -0.3 is 14.2 Å². The smallest absolute Gasteiger partial charge is 0.306 e. The molecule has 0 aromatic heterocycles. The van der Waals surface area contributed by atoms with Crippen LogP contribution in [-0.2, 0) is 16.1 Å². The first-order valence-electron chi connectivity index (χ1n) is 8.26. The van der Waals surface area contributed by atoms with Crippen molar-refractivity contribution in [2.75, 3.05) is 13.2 Å². The minimum Gasteiger partial charge on any atom is -0.494 e. The fourth-order valence-electron chi connectivity index (χ4n) is 2.13. The number of ether oxygens (including phenoxy) is 3. The number of esters is 1. The highest BCUT2D eigenvalue weighted by Gasteiger charge is 2.04. The molecule has 0 bridgehead atoms. The van der Waals surface area contributed by atoms with E-state index in [4.69, 9.17) is 14.2 Å². The molecule has 0 aliphatic carbocycles. The summed E-state index contributed by atoms with van der Waals surface area (Å²) in [5.74, 6) is 1.22. The van der Waals surface area contributed by atoms with Crippen LogP contribution in [0, 0.1) is 0 Å². The van der Waals surface area contributed by atoms with Crippen molar-refractivity contribution in [1.82, 2.24) is 0 Å². The summed E-state index contributed by atoms with van der Waals surface area (Å²) in [5.41, 5.74) is 1.52. The molecule has 0 spiro atoms. The molecule has 0 saturated heterocycles. The van der Waals surface area contributed by atoms with E-state index in [0.717, 1.165) is 17.6 Å². The molecule has 0 fully saturated rings. The van der Waals surface area contributed by atoms with Crippen LogP contribution in [0.25, 0.3) is 0 Å². The maximum atomic E-state index is 11.7. The molecule has 5 heteroatoms. The van der Waals surface area contributed by atoms with Gasteiger partial charge in [-0.25, -0.2) is 0 Å². The zero-order valence-corrected chi connectivity index (χ0v) is 14.3. The average Bonchev–Trinajstić information content (AvgIpc) is 2.65. The summed E-state index contributed by atoms with van der Waals surface area (Å²) in [6.07, 6.45) is 1.64. The summed E-state index contributed by atoms with van der Waals surface area (Å²) >= 11 is 0. The summed E-state index contributed by atoms with van der Waals surface area (Å²) in [6, 6.07) is 14.3. The quantitative estimate of drug-likeness (QED) is 0.373. The van der Waals surface area contributed by atoms with Gasteiger partial charge in [-0.2, -0.15) is 0 Å². The Morgan fingerprint density at radius 2 is 1.60 bits per heavy atom. The first-order chi connectivity index (χ1) is 12.2. The van der Waals surface area contributed by atoms with Crippen molar-refractivity contribution >= 4 is 12.3 Å². The lowest BCUT2D eigenvalue weighted by Gasteiger charge is -2.08. The molecule has 132 valence electrons. The van der Waals surface area contributed by atoms with Crippen molar-refractivity contribution in [3.05, 3.63) is 59.7 Å². The van der Waals surface area contributed by atoms with Gasteiger partial charge in [0.15, 0.2) is 0 Å². The van der Waals surface area contributed by atoms with Gasteiger partial charge in [0.2, 0.25) is 0 Å². The molecule has 2 aromatic rings. The predicted molar refractivity (Wildman–Crippen MR) is 94.0 cm³/mol. The zero-order valence-electron chi connectivity index (χ0n) is 14.3. The van der Waals surface area contributed by atoms with E-state index < -0.39 is 0 Å². The molecule has 0 unspecified atom stereocenters. The molecule has 0 amide bonds. The number of aldehydes is 1. The van der Waals surface area contributed by atoms with Gasteiger partial charge in [0.25, 0.3) is 0 Å². The summed E-state index contributed by atoms with van der Waals surface area (Å²) in [6.45, 7) is 3.22. The molecule has 0 radical (unpaired) electrons. The summed E-state index contributed by atoms with van der Waals surface area (Å²) in [5, 5.41) is 0. The summed E-state index contributed by atoms with van der Waals surface area (Å²) in [4.78, 5) is 22.3. The van der Waals surface area contributed by atoms with Crippen molar-refractivity contribution in [3.8, 4) is 11.5 Å². The second-order valence-corrected chi connectivity index (χ2v) is 5.38. The van der Waals surface area contributed by atoms with Crippen LogP contribution < -0.4 is 9.47 Å². The maximum Gasteiger partial charge on any atom is 0.306 e. The Hall–Kier alpha value is -2.82. The Morgan fingerprint density at radius 1 is 0.960 bits per heavy atom. The normalized spacial score (nSPS) is 10.1. The monoisotopic (exact) mass is 342 g/mol. The number of benzene rings is 2. The second-order valence-electron chi connectivity index (χ2n) is 5.38. The fraction of sp³-hybridized carbons (Fsp3) is 0.300. The lowest BCUT2D eigenvalue weighted by molar-refractivity contribution is -0.145. The topological polar surface area (TPSA) is 61.8 Å². The highest BCUT2D eigenvalue weighted by Crippen LogP contribution is 2.14. The van der Waals surface area contributed by atoms with Crippen molar-refractivity contribution in [2.24, 2.45) is 0 Å². The van der Waals surface area contributed by atoms with E-state index in [1.54, 1.807) is 24.3 Å². The molecule has 2 rings (SSSR count). The maximum absolute atomic E-state index is 11.7. The molecule has 0 aliphatic rings. The van der Waals surface area contributed by atoms with Gasteiger partial charge in [0.05, 0.1) is 13.2 Å². The molecule has 0 atom stereocenters. The fourth-order valence-corrected chi connectivity index (χ4v) is 2.13. The van der Waals surface area contributed by atoms with Crippen LogP contribution in [0.5, 0.6) is 11.5 Å². The SMILES string of the molecule is CCOc1ccc(COC(=O)CCCOc2ccc(C=O)cc2)cc1.